The SMILES string of the molecule is COCCn1c(=NC(=O)Cc2ccc(C)cc2)sc2cc(Cl)ccc21. The predicted octanol–water partition coefficient (Wildman–Crippen LogP) is 3.98. The van der Waals surface area contributed by atoms with E-state index in [2.05, 4.69) is 4.99 Å². The molecule has 4 nitrogen and oxygen atoms in total. The molecule has 25 heavy (non-hydrogen) atoms. The van der Waals surface area contributed by atoms with Crippen molar-refractivity contribution in [2.45, 2.75) is 19.9 Å². The van der Waals surface area contributed by atoms with E-state index in [9.17, 15) is 4.79 Å². The summed E-state index contributed by atoms with van der Waals surface area (Å²) in [6.45, 7) is 3.21. The summed E-state index contributed by atoms with van der Waals surface area (Å²) in [5, 5.41) is 0.671. The smallest absolute Gasteiger partial charge is 0.252 e. The van der Waals surface area contributed by atoms with Crippen molar-refractivity contribution in [2.75, 3.05) is 13.7 Å². The standard InChI is InChI=1S/C19H19ClN2O2S/c1-13-3-5-14(6-4-13)11-18(23)21-19-22(9-10-24-2)16-8-7-15(20)12-17(16)25-19/h3-8,12H,9-11H2,1-2H3. The monoisotopic (exact) mass is 374 g/mol. The van der Waals surface area contributed by atoms with E-state index >= 15 is 0 Å². The number of fused-ring (bicyclic) bond motifs is 1. The van der Waals surface area contributed by atoms with Crippen molar-refractivity contribution < 1.29 is 9.53 Å². The normalized spacial score (nSPS) is 12.0. The zero-order valence-electron chi connectivity index (χ0n) is 14.2. The Hall–Kier alpha value is -1.95. The van der Waals surface area contributed by atoms with E-state index in [1.54, 1.807) is 7.11 Å². The molecule has 1 aromatic heterocycles. The van der Waals surface area contributed by atoms with E-state index in [-0.39, 0.29) is 5.91 Å². The summed E-state index contributed by atoms with van der Waals surface area (Å²) in [5.41, 5.74) is 3.15. The van der Waals surface area contributed by atoms with Crippen LogP contribution in [0, 0.1) is 6.92 Å². The highest BCUT2D eigenvalue weighted by molar-refractivity contribution is 7.16. The Morgan fingerprint density at radius 3 is 2.72 bits per heavy atom. The van der Waals surface area contributed by atoms with Crippen LogP contribution in [0.4, 0.5) is 0 Å². The molecular weight excluding hydrogens is 356 g/mol. The third-order valence-electron chi connectivity index (χ3n) is 3.86. The van der Waals surface area contributed by atoms with Gasteiger partial charge in [0.25, 0.3) is 5.91 Å². The molecule has 0 spiro atoms. The maximum absolute atomic E-state index is 12.4. The minimum Gasteiger partial charge on any atom is -0.383 e. The van der Waals surface area contributed by atoms with E-state index in [0.717, 1.165) is 15.8 Å². The molecule has 3 rings (SSSR count). The number of rotatable bonds is 5. The van der Waals surface area contributed by atoms with E-state index in [1.165, 1.54) is 16.9 Å². The number of amides is 1. The van der Waals surface area contributed by atoms with Gasteiger partial charge < -0.3 is 9.30 Å². The third-order valence-corrected chi connectivity index (χ3v) is 5.14. The zero-order valence-corrected chi connectivity index (χ0v) is 15.7. The van der Waals surface area contributed by atoms with E-state index in [4.69, 9.17) is 16.3 Å². The Labute approximate surface area is 155 Å². The number of methoxy groups -OCH3 is 1. The number of nitrogens with zero attached hydrogens (tertiary/aromatic N) is 2. The molecule has 0 aliphatic rings. The molecule has 0 saturated carbocycles. The Bertz CT molecular complexity index is 958. The summed E-state index contributed by atoms with van der Waals surface area (Å²) in [6, 6.07) is 13.6. The minimum atomic E-state index is -0.160. The van der Waals surface area contributed by atoms with Crippen molar-refractivity contribution in [1.29, 1.82) is 0 Å². The lowest BCUT2D eigenvalue weighted by molar-refractivity contribution is -0.117. The van der Waals surface area contributed by atoms with Gasteiger partial charge in [-0.2, -0.15) is 4.99 Å². The van der Waals surface area contributed by atoms with Gasteiger partial charge in [-0.3, -0.25) is 4.79 Å². The summed E-state index contributed by atoms with van der Waals surface area (Å²) in [5.74, 6) is -0.160. The molecule has 0 radical (unpaired) electrons. The molecule has 0 aliphatic carbocycles. The molecular formula is C19H19ClN2O2S. The molecule has 0 unspecified atom stereocenters. The molecule has 0 aliphatic heterocycles. The van der Waals surface area contributed by atoms with Gasteiger partial charge in [0.05, 0.1) is 23.2 Å². The van der Waals surface area contributed by atoms with Gasteiger partial charge in [-0.15, -0.1) is 0 Å². The molecule has 1 heterocycles. The highest BCUT2D eigenvalue weighted by Crippen LogP contribution is 2.22. The second kappa shape index (κ2) is 7.95. The number of hydrogen-bond acceptors (Lipinski definition) is 3. The first-order chi connectivity index (χ1) is 12.1. The number of carbonyl (C=O) groups is 1. The summed E-state index contributed by atoms with van der Waals surface area (Å²) in [6.07, 6.45) is 0.291. The van der Waals surface area contributed by atoms with Gasteiger partial charge in [-0.25, -0.2) is 0 Å². The number of thiazole rings is 1. The van der Waals surface area contributed by atoms with Gasteiger partial charge in [0, 0.05) is 18.7 Å². The Morgan fingerprint density at radius 1 is 1.24 bits per heavy atom. The molecule has 0 fully saturated rings. The first-order valence-corrected chi connectivity index (χ1v) is 9.17. The maximum atomic E-state index is 12.4. The Morgan fingerprint density at radius 2 is 2.00 bits per heavy atom. The van der Waals surface area contributed by atoms with Crippen LogP contribution in [0.2, 0.25) is 5.02 Å². The Balaban J connectivity index is 1.96. The summed E-state index contributed by atoms with van der Waals surface area (Å²) < 4.78 is 8.20. The van der Waals surface area contributed by atoms with Crippen LogP contribution < -0.4 is 4.80 Å². The molecule has 1 amide bonds. The van der Waals surface area contributed by atoms with Crippen molar-refractivity contribution in [3.63, 3.8) is 0 Å². The van der Waals surface area contributed by atoms with Crippen LogP contribution in [0.3, 0.4) is 0 Å². The van der Waals surface area contributed by atoms with Crippen molar-refractivity contribution in [1.82, 2.24) is 4.57 Å². The summed E-state index contributed by atoms with van der Waals surface area (Å²) in [4.78, 5) is 17.4. The quantitative estimate of drug-likeness (QED) is 0.678. The zero-order chi connectivity index (χ0) is 17.8. The topological polar surface area (TPSA) is 43.6 Å². The van der Waals surface area contributed by atoms with Crippen molar-refractivity contribution in [3.05, 3.63) is 63.4 Å². The largest absolute Gasteiger partial charge is 0.383 e. The van der Waals surface area contributed by atoms with Crippen molar-refractivity contribution >= 4 is 39.1 Å². The number of benzene rings is 2. The average molecular weight is 375 g/mol. The van der Waals surface area contributed by atoms with Gasteiger partial charge in [0.1, 0.15) is 0 Å². The summed E-state index contributed by atoms with van der Waals surface area (Å²) >= 11 is 7.55. The molecule has 3 aromatic rings. The second-order valence-corrected chi connectivity index (χ2v) is 7.25. The number of halogens is 1. The van der Waals surface area contributed by atoms with Gasteiger partial charge in [0.15, 0.2) is 4.80 Å². The molecule has 0 N–H and O–H groups in total. The fourth-order valence-electron chi connectivity index (χ4n) is 2.56. The highest BCUT2D eigenvalue weighted by atomic mass is 35.5. The van der Waals surface area contributed by atoms with Crippen LogP contribution in [-0.2, 0) is 22.5 Å². The van der Waals surface area contributed by atoms with Gasteiger partial charge in [-0.1, -0.05) is 52.8 Å². The molecule has 130 valence electrons. The van der Waals surface area contributed by atoms with Gasteiger partial charge in [0.2, 0.25) is 0 Å². The number of ether oxygens (including phenoxy) is 1. The van der Waals surface area contributed by atoms with Gasteiger partial charge >= 0.3 is 0 Å². The highest BCUT2D eigenvalue weighted by Gasteiger charge is 2.09. The minimum absolute atomic E-state index is 0.160. The molecule has 0 atom stereocenters. The lowest BCUT2D eigenvalue weighted by Gasteiger charge is -2.04. The van der Waals surface area contributed by atoms with E-state index in [1.807, 2.05) is 54.0 Å². The number of aryl methyl sites for hydroxylation is 1. The first kappa shape index (κ1) is 17.9. The average Bonchev–Trinajstić information content (AvgIpc) is 2.91. The van der Waals surface area contributed by atoms with Crippen molar-refractivity contribution in [3.8, 4) is 0 Å². The van der Waals surface area contributed by atoms with Crippen molar-refractivity contribution in [2.24, 2.45) is 4.99 Å². The van der Waals surface area contributed by atoms with Crippen LogP contribution in [-0.4, -0.2) is 24.2 Å². The number of aromatic nitrogens is 1. The van der Waals surface area contributed by atoms with Crippen LogP contribution >= 0.6 is 22.9 Å². The van der Waals surface area contributed by atoms with Crippen LogP contribution in [0.1, 0.15) is 11.1 Å². The van der Waals surface area contributed by atoms with Gasteiger partial charge in [-0.05, 0) is 30.7 Å². The fourth-order valence-corrected chi connectivity index (χ4v) is 3.91. The third kappa shape index (κ3) is 4.37. The Kier molecular flexibility index (Phi) is 5.68. The van der Waals surface area contributed by atoms with Crippen LogP contribution in [0.25, 0.3) is 10.2 Å². The fraction of sp³-hybridized carbons (Fsp3) is 0.263. The van der Waals surface area contributed by atoms with Crippen LogP contribution in [0.15, 0.2) is 47.5 Å². The van der Waals surface area contributed by atoms with E-state index in [0.29, 0.717) is 29.4 Å². The molecule has 0 bridgehead atoms. The lowest BCUT2D eigenvalue weighted by Crippen LogP contribution is -2.19. The summed E-state index contributed by atoms with van der Waals surface area (Å²) in [7, 11) is 1.66. The predicted molar refractivity (Wildman–Crippen MR) is 102 cm³/mol. The number of carbonyl (C=O) groups excluding carboxylic acids is 1. The molecule has 2 aromatic carbocycles. The van der Waals surface area contributed by atoms with Crippen LogP contribution in [0.5, 0.6) is 0 Å². The molecule has 0 saturated heterocycles. The molecule has 6 heteroatoms. The van der Waals surface area contributed by atoms with E-state index < -0.39 is 0 Å². The second-order valence-electron chi connectivity index (χ2n) is 5.81. The number of hydrogen-bond donors (Lipinski definition) is 0. The maximum Gasteiger partial charge on any atom is 0.252 e. The lowest BCUT2D eigenvalue weighted by atomic mass is 10.1. The first-order valence-electron chi connectivity index (χ1n) is 7.98.